The van der Waals surface area contributed by atoms with Gasteiger partial charge in [-0.1, -0.05) is 6.42 Å². The molecule has 0 radical (unpaired) electrons. The number of nitrogens with one attached hydrogen (secondary N) is 1. The first-order valence-corrected chi connectivity index (χ1v) is 7.59. The third kappa shape index (κ3) is 4.09. The highest BCUT2D eigenvalue weighted by Crippen LogP contribution is 2.27. The van der Waals surface area contributed by atoms with Crippen LogP contribution in [0.25, 0.3) is 0 Å². The Labute approximate surface area is 119 Å². The summed E-state index contributed by atoms with van der Waals surface area (Å²) in [5, 5.41) is 3.56. The predicted molar refractivity (Wildman–Crippen MR) is 76.1 cm³/mol. The summed E-state index contributed by atoms with van der Waals surface area (Å²) in [4.78, 5) is 2.31. The third-order valence-electron chi connectivity index (χ3n) is 3.07. The summed E-state index contributed by atoms with van der Waals surface area (Å²) in [5.74, 6) is 0.988. The van der Waals surface area contributed by atoms with Crippen molar-refractivity contribution in [3.63, 3.8) is 0 Å². The highest BCUT2D eigenvalue weighted by atomic mass is 79.9. The lowest BCUT2D eigenvalue weighted by Gasteiger charge is -2.27. The van der Waals surface area contributed by atoms with Gasteiger partial charge in [0.25, 0.3) is 0 Å². The van der Waals surface area contributed by atoms with Crippen LogP contribution in [0.3, 0.4) is 0 Å². The van der Waals surface area contributed by atoms with E-state index in [4.69, 9.17) is 4.42 Å². The lowest BCUT2D eigenvalue weighted by Crippen LogP contribution is -2.42. The van der Waals surface area contributed by atoms with Crippen molar-refractivity contribution >= 4 is 31.9 Å². The van der Waals surface area contributed by atoms with Crippen LogP contribution in [-0.2, 0) is 6.54 Å². The zero-order valence-electron chi connectivity index (χ0n) is 10.0. The van der Waals surface area contributed by atoms with E-state index in [9.17, 15) is 0 Å². The molecule has 0 spiro atoms. The minimum absolute atomic E-state index is 0.635. The lowest BCUT2D eigenvalue weighted by atomic mass is 10.0. The van der Waals surface area contributed by atoms with Crippen molar-refractivity contribution in [3.05, 3.63) is 21.0 Å². The van der Waals surface area contributed by atoms with Crippen molar-refractivity contribution in [2.45, 2.75) is 31.8 Å². The van der Waals surface area contributed by atoms with Crippen molar-refractivity contribution in [2.24, 2.45) is 0 Å². The summed E-state index contributed by atoms with van der Waals surface area (Å²) in [7, 11) is 2.14. The molecule has 1 N–H and O–H groups in total. The van der Waals surface area contributed by atoms with Gasteiger partial charge in [-0.05, 0) is 64.4 Å². The molecule has 1 aliphatic rings. The maximum Gasteiger partial charge on any atom is 0.183 e. The summed E-state index contributed by atoms with van der Waals surface area (Å²) in [6, 6.07) is 2.66. The van der Waals surface area contributed by atoms with Gasteiger partial charge in [0.2, 0.25) is 0 Å². The van der Waals surface area contributed by atoms with Gasteiger partial charge in [-0.2, -0.15) is 0 Å². The highest BCUT2D eigenvalue weighted by molar-refractivity contribution is 9.13. The van der Waals surface area contributed by atoms with Gasteiger partial charge in [-0.15, -0.1) is 0 Å². The fourth-order valence-corrected chi connectivity index (χ4v) is 2.91. The predicted octanol–water partition coefficient (Wildman–Crippen LogP) is 3.38. The van der Waals surface area contributed by atoms with Crippen molar-refractivity contribution in [1.29, 1.82) is 0 Å². The minimum atomic E-state index is 0.635. The molecule has 1 atom stereocenters. The second-order valence-electron chi connectivity index (χ2n) is 4.68. The van der Waals surface area contributed by atoms with E-state index in [1.807, 2.05) is 6.07 Å². The normalized spacial score (nSPS) is 21.1. The average molecular weight is 366 g/mol. The molecule has 17 heavy (non-hydrogen) atoms. The average Bonchev–Trinajstić information content (AvgIpc) is 2.59. The summed E-state index contributed by atoms with van der Waals surface area (Å²) in [6.07, 6.45) is 3.96. The molecule has 0 saturated carbocycles. The number of hydrogen-bond acceptors (Lipinski definition) is 3. The van der Waals surface area contributed by atoms with E-state index < -0.39 is 0 Å². The first-order chi connectivity index (χ1) is 8.15. The summed E-state index contributed by atoms with van der Waals surface area (Å²) in [6.45, 7) is 3.09. The van der Waals surface area contributed by atoms with E-state index in [1.165, 1.54) is 19.3 Å². The number of halogens is 2. The topological polar surface area (TPSA) is 28.4 Å². The van der Waals surface area contributed by atoms with Crippen LogP contribution in [0.5, 0.6) is 0 Å². The number of piperidine rings is 1. The molecular weight excluding hydrogens is 348 g/mol. The van der Waals surface area contributed by atoms with Crippen molar-refractivity contribution in [3.8, 4) is 0 Å². The van der Waals surface area contributed by atoms with Crippen molar-refractivity contribution in [1.82, 2.24) is 10.2 Å². The molecule has 1 fully saturated rings. The van der Waals surface area contributed by atoms with E-state index in [1.54, 1.807) is 0 Å². The summed E-state index contributed by atoms with van der Waals surface area (Å²) in [5.41, 5.74) is 0. The Morgan fingerprint density at radius 3 is 2.88 bits per heavy atom. The number of likely N-dealkylation sites (N-methyl/N-ethyl adjacent to an activating group) is 1. The molecule has 2 heterocycles. The molecule has 0 amide bonds. The first kappa shape index (κ1) is 13.6. The molecule has 3 nitrogen and oxygen atoms in total. The van der Waals surface area contributed by atoms with Gasteiger partial charge < -0.3 is 9.73 Å². The van der Waals surface area contributed by atoms with Crippen LogP contribution in [-0.4, -0.2) is 31.1 Å². The molecule has 1 aromatic heterocycles. The van der Waals surface area contributed by atoms with E-state index in [0.717, 1.165) is 34.5 Å². The SMILES string of the molecule is CN(Cc1cc(Br)c(Br)o1)CC1CCCCN1. The van der Waals surface area contributed by atoms with Crippen LogP contribution in [0.15, 0.2) is 19.6 Å². The molecule has 96 valence electrons. The van der Waals surface area contributed by atoms with E-state index in [0.29, 0.717) is 6.04 Å². The van der Waals surface area contributed by atoms with E-state index >= 15 is 0 Å². The third-order valence-corrected chi connectivity index (χ3v) is 4.78. The number of furan rings is 1. The Kier molecular flexibility index (Phi) is 5.09. The zero-order valence-corrected chi connectivity index (χ0v) is 13.2. The van der Waals surface area contributed by atoms with Crippen LogP contribution in [0.1, 0.15) is 25.0 Å². The lowest BCUT2D eigenvalue weighted by molar-refractivity contribution is 0.240. The van der Waals surface area contributed by atoms with Crippen LogP contribution in [0, 0.1) is 0 Å². The van der Waals surface area contributed by atoms with Crippen molar-refractivity contribution in [2.75, 3.05) is 20.1 Å². The number of hydrogen-bond donors (Lipinski definition) is 1. The van der Waals surface area contributed by atoms with Crippen LogP contribution < -0.4 is 5.32 Å². The van der Waals surface area contributed by atoms with Crippen molar-refractivity contribution < 1.29 is 4.42 Å². The molecule has 1 saturated heterocycles. The highest BCUT2D eigenvalue weighted by Gasteiger charge is 2.15. The molecule has 0 bridgehead atoms. The largest absolute Gasteiger partial charge is 0.452 e. The van der Waals surface area contributed by atoms with Crippen LogP contribution in [0.4, 0.5) is 0 Å². The van der Waals surface area contributed by atoms with Gasteiger partial charge in [0.1, 0.15) is 5.76 Å². The Bertz CT molecular complexity index is 342. The Balaban J connectivity index is 1.81. The summed E-state index contributed by atoms with van der Waals surface area (Å²) >= 11 is 6.79. The number of nitrogens with zero attached hydrogens (tertiary/aromatic N) is 1. The van der Waals surface area contributed by atoms with Gasteiger partial charge in [-0.3, -0.25) is 4.90 Å². The van der Waals surface area contributed by atoms with Crippen LogP contribution in [0.2, 0.25) is 0 Å². The quantitative estimate of drug-likeness (QED) is 0.886. The molecular formula is C12H18Br2N2O. The van der Waals surface area contributed by atoms with E-state index in [2.05, 4.69) is 49.1 Å². The van der Waals surface area contributed by atoms with Crippen LogP contribution >= 0.6 is 31.9 Å². The maximum absolute atomic E-state index is 5.58. The molecule has 0 aliphatic carbocycles. The van der Waals surface area contributed by atoms with Gasteiger partial charge in [0.05, 0.1) is 11.0 Å². The Morgan fingerprint density at radius 1 is 1.47 bits per heavy atom. The molecule has 1 aliphatic heterocycles. The van der Waals surface area contributed by atoms with E-state index in [-0.39, 0.29) is 0 Å². The molecule has 5 heteroatoms. The molecule has 1 aromatic rings. The molecule has 1 unspecified atom stereocenters. The second kappa shape index (κ2) is 6.36. The Hall–Kier alpha value is 0.160. The monoisotopic (exact) mass is 364 g/mol. The standard InChI is InChI=1S/C12H18Br2N2O/c1-16(7-9-4-2-3-5-15-9)8-10-6-11(13)12(14)17-10/h6,9,15H,2-5,7-8H2,1H3. The fraction of sp³-hybridized carbons (Fsp3) is 0.667. The smallest absolute Gasteiger partial charge is 0.183 e. The molecule has 2 rings (SSSR count). The minimum Gasteiger partial charge on any atom is -0.452 e. The van der Waals surface area contributed by atoms with Gasteiger partial charge in [0, 0.05) is 12.6 Å². The van der Waals surface area contributed by atoms with Gasteiger partial charge >= 0.3 is 0 Å². The summed E-state index contributed by atoms with van der Waals surface area (Å²) < 4.78 is 7.34. The molecule has 0 aromatic carbocycles. The fourth-order valence-electron chi connectivity index (χ4n) is 2.26. The van der Waals surface area contributed by atoms with Gasteiger partial charge in [-0.25, -0.2) is 0 Å². The number of rotatable bonds is 4. The first-order valence-electron chi connectivity index (χ1n) is 6.01. The van der Waals surface area contributed by atoms with Gasteiger partial charge in [0.15, 0.2) is 4.67 Å². The second-order valence-corrected chi connectivity index (χ2v) is 6.25. The Morgan fingerprint density at radius 2 is 2.29 bits per heavy atom. The maximum atomic E-state index is 5.58. The zero-order chi connectivity index (χ0) is 12.3.